The Balaban J connectivity index is 3.10. The highest BCUT2D eigenvalue weighted by molar-refractivity contribution is 6.40. The largest absolute Gasteiger partial charge is 0.491 e. The number of hydrogen-bond donors (Lipinski definition) is 0. The number of carbonyl (C=O) groups excluding carboxylic acids is 2. The van der Waals surface area contributed by atoms with E-state index in [0.717, 1.165) is 7.11 Å². The Hall–Kier alpha value is -1.91. The summed E-state index contributed by atoms with van der Waals surface area (Å²) in [7, 11) is 1.06. The number of benzene rings is 1. The van der Waals surface area contributed by atoms with E-state index < -0.39 is 17.6 Å². The highest BCUT2D eigenvalue weighted by Crippen LogP contribution is 2.21. The monoisotopic (exact) mass is 226 g/mol. The van der Waals surface area contributed by atoms with Gasteiger partial charge in [-0.05, 0) is 19.1 Å². The summed E-state index contributed by atoms with van der Waals surface area (Å²) in [6.07, 6.45) is 0. The molecule has 0 spiro atoms. The molecule has 0 bridgehead atoms. The lowest BCUT2D eigenvalue weighted by Gasteiger charge is -2.06. The third-order valence-corrected chi connectivity index (χ3v) is 1.88. The smallest absolute Gasteiger partial charge is 0.379 e. The molecule has 0 saturated heterocycles. The second-order valence-corrected chi connectivity index (χ2v) is 2.87. The average Bonchev–Trinajstić information content (AvgIpc) is 2.30. The molecule has 0 heterocycles. The van der Waals surface area contributed by atoms with Gasteiger partial charge in [0.05, 0.1) is 19.3 Å². The van der Waals surface area contributed by atoms with Crippen molar-refractivity contribution in [1.29, 1.82) is 0 Å². The van der Waals surface area contributed by atoms with Crippen LogP contribution in [0.4, 0.5) is 4.39 Å². The number of ether oxygens (including phenoxy) is 2. The molecular weight excluding hydrogens is 215 g/mol. The number of hydrogen-bond acceptors (Lipinski definition) is 4. The molecular formula is C11H11FO4. The fourth-order valence-electron chi connectivity index (χ4n) is 1.16. The predicted molar refractivity (Wildman–Crippen MR) is 53.9 cm³/mol. The van der Waals surface area contributed by atoms with Crippen LogP contribution in [-0.2, 0) is 9.53 Å². The maximum Gasteiger partial charge on any atom is 0.379 e. The first-order chi connectivity index (χ1) is 7.61. The van der Waals surface area contributed by atoms with Gasteiger partial charge in [-0.1, -0.05) is 6.07 Å². The van der Waals surface area contributed by atoms with Gasteiger partial charge >= 0.3 is 5.97 Å². The molecule has 0 atom stereocenters. The minimum absolute atomic E-state index is 0.0581. The van der Waals surface area contributed by atoms with Crippen molar-refractivity contribution in [3.63, 3.8) is 0 Å². The Morgan fingerprint density at radius 2 is 2.06 bits per heavy atom. The number of Topliss-reactive ketones (excluding diaryl/α,β-unsaturated/α-hetero) is 1. The molecule has 1 rings (SSSR count). The van der Waals surface area contributed by atoms with E-state index >= 15 is 0 Å². The third-order valence-electron chi connectivity index (χ3n) is 1.88. The number of halogens is 1. The van der Waals surface area contributed by atoms with Crippen molar-refractivity contribution in [1.82, 2.24) is 0 Å². The lowest BCUT2D eigenvalue weighted by atomic mass is 10.1. The number of ketones is 1. The molecule has 0 radical (unpaired) electrons. The SMILES string of the molecule is CCOc1cccc(C(=O)C(=O)OC)c1F. The second-order valence-electron chi connectivity index (χ2n) is 2.87. The van der Waals surface area contributed by atoms with Crippen molar-refractivity contribution in [2.75, 3.05) is 13.7 Å². The molecule has 0 amide bonds. The maximum atomic E-state index is 13.7. The number of rotatable bonds is 4. The molecule has 5 heteroatoms. The van der Waals surface area contributed by atoms with Crippen molar-refractivity contribution < 1.29 is 23.5 Å². The Labute approximate surface area is 92.0 Å². The number of methoxy groups -OCH3 is 1. The summed E-state index contributed by atoms with van der Waals surface area (Å²) in [5, 5.41) is 0. The van der Waals surface area contributed by atoms with Crippen LogP contribution in [-0.4, -0.2) is 25.5 Å². The Morgan fingerprint density at radius 1 is 1.38 bits per heavy atom. The van der Waals surface area contributed by atoms with Gasteiger partial charge in [0.1, 0.15) is 0 Å². The van der Waals surface area contributed by atoms with E-state index in [4.69, 9.17) is 4.74 Å². The minimum atomic E-state index is -1.10. The molecule has 0 aliphatic rings. The first kappa shape index (κ1) is 12.2. The van der Waals surface area contributed by atoms with E-state index in [1.807, 2.05) is 0 Å². The number of esters is 1. The fraction of sp³-hybridized carbons (Fsp3) is 0.273. The summed E-state index contributed by atoms with van der Waals surface area (Å²) in [6, 6.07) is 4.02. The van der Waals surface area contributed by atoms with Gasteiger partial charge in [0.25, 0.3) is 5.78 Å². The highest BCUT2D eigenvalue weighted by atomic mass is 19.1. The van der Waals surface area contributed by atoms with Crippen molar-refractivity contribution in [3.05, 3.63) is 29.6 Å². The van der Waals surface area contributed by atoms with Crippen LogP contribution < -0.4 is 4.74 Å². The van der Waals surface area contributed by atoms with Crippen molar-refractivity contribution in [3.8, 4) is 5.75 Å². The minimum Gasteiger partial charge on any atom is -0.491 e. The van der Waals surface area contributed by atoms with Gasteiger partial charge in [-0.25, -0.2) is 9.18 Å². The summed E-state index contributed by atoms with van der Waals surface area (Å²) in [6.45, 7) is 1.96. The summed E-state index contributed by atoms with van der Waals surface area (Å²) in [5.41, 5.74) is -0.349. The van der Waals surface area contributed by atoms with Gasteiger partial charge < -0.3 is 9.47 Å². The quantitative estimate of drug-likeness (QED) is 0.444. The van der Waals surface area contributed by atoms with Crippen LogP contribution in [0.25, 0.3) is 0 Å². The van der Waals surface area contributed by atoms with Gasteiger partial charge in [-0.2, -0.15) is 0 Å². The van der Waals surface area contributed by atoms with Crippen molar-refractivity contribution in [2.45, 2.75) is 6.92 Å². The molecule has 0 N–H and O–H groups in total. The van der Waals surface area contributed by atoms with Crippen LogP contribution >= 0.6 is 0 Å². The lowest BCUT2D eigenvalue weighted by Crippen LogP contribution is -2.17. The van der Waals surface area contributed by atoms with Gasteiger partial charge in [0.2, 0.25) is 0 Å². The fourth-order valence-corrected chi connectivity index (χ4v) is 1.16. The van der Waals surface area contributed by atoms with Gasteiger partial charge in [-0.3, -0.25) is 4.79 Å². The summed E-state index contributed by atoms with van der Waals surface area (Å²) < 4.78 is 22.8. The zero-order valence-corrected chi connectivity index (χ0v) is 8.95. The van der Waals surface area contributed by atoms with Crippen LogP contribution in [0.15, 0.2) is 18.2 Å². The van der Waals surface area contributed by atoms with E-state index in [0.29, 0.717) is 0 Å². The molecule has 1 aromatic rings. The Bertz CT molecular complexity index is 414. The van der Waals surface area contributed by atoms with E-state index in [-0.39, 0.29) is 17.9 Å². The normalized spacial score (nSPS) is 9.69. The Morgan fingerprint density at radius 3 is 2.62 bits per heavy atom. The molecule has 0 aliphatic carbocycles. The zero-order valence-electron chi connectivity index (χ0n) is 8.95. The number of carbonyl (C=O) groups is 2. The molecule has 0 aliphatic heterocycles. The lowest BCUT2D eigenvalue weighted by molar-refractivity contribution is -0.135. The highest BCUT2D eigenvalue weighted by Gasteiger charge is 2.22. The predicted octanol–water partition coefficient (Wildman–Crippen LogP) is 1.58. The van der Waals surface area contributed by atoms with Crippen molar-refractivity contribution in [2.24, 2.45) is 0 Å². The van der Waals surface area contributed by atoms with Crippen LogP contribution in [0.5, 0.6) is 5.75 Å². The van der Waals surface area contributed by atoms with Crippen LogP contribution in [0.1, 0.15) is 17.3 Å². The molecule has 0 saturated carbocycles. The average molecular weight is 226 g/mol. The molecule has 0 fully saturated rings. The summed E-state index contributed by atoms with van der Waals surface area (Å²) in [4.78, 5) is 22.3. The topological polar surface area (TPSA) is 52.6 Å². The molecule has 86 valence electrons. The zero-order chi connectivity index (χ0) is 12.1. The van der Waals surface area contributed by atoms with E-state index in [1.54, 1.807) is 6.92 Å². The summed E-state index contributed by atoms with van der Waals surface area (Å²) in [5.74, 6) is -3.04. The van der Waals surface area contributed by atoms with Crippen LogP contribution in [0.2, 0.25) is 0 Å². The van der Waals surface area contributed by atoms with E-state index in [9.17, 15) is 14.0 Å². The molecule has 0 unspecified atom stereocenters. The molecule has 0 aromatic heterocycles. The Kier molecular flexibility index (Phi) is 3.99. The first-order valence-electron chi connectivity index (χ1n) is 4.65. The van der Waals surface area contributed by atoms with Crippen LogP contribution in [0, 0.1) is 5.82 Å². The molecule has 16 heavy (non-hydrogen) atoms. The van der Waals surface area contributed by atoms with Gasteiger partial charge in [0, 0.05) is 0 Å². The standard InChI is InChI=1S/C11H11FO4/c1-3-16-8-6-4-5-7(9(8)12)10(13)11(14)15-2/h4-6H,3H2,1-2H3. The maximum absolute atomic E-state index is 13.7. The van der Waals surface area contributed by atoms with Crippen molar-refractivity contribution >= 4 is 11.8 Å². The third kappa shape index (κ3) is 2.36. The summed E-state index contributed by atoms with van der Waals surface area (Å²) >= 11 is 0. The van der Waals surface area contributed by atoms with Gasteiger partial charge in [-0.15, -0.1) is 0 Å². The first-order valence-corrected chi connectivity index (χ1v) is 4.65. The van der Waals surface area contributed by atoms with E-state index in [2.05, 4.69) is 4.74 Å². The molecule has 4 nitrogen and oxygen atoms in total. The van der Waals surface area contributed by atoms with Gasteiger partial charge in [0.15, 0.2) is 11.6 Å². The second kappa shape index (κ2) is 5.25. The van der Waals surface area contributed by atoms with Crippen LogP contribution in [0.3, 0.4) is 0 Å². The molecule has 1 aromatic carbocycles. The van der Waals surface area contributed by atoms with E-state index in [1.165, 1.54) is 18.2 Å².